The molecule has 0 radical (unpaired) electrons. The molecule has 0 saturated heterocycles. The first-order chi connectivity index (χ1) is 14.6. The average Bonchev–Trinajstić information content (AvgIpc) is 3.41. The molecule has 1 N–H and O–H groups in total. The predicted molar refractivity (Wildman–Crippen MR) is 118 cm³/mol. The fourth-order valence-corrected chi connectivity index (χ4v) is 4.19. The van der Waals surface area contributed by atoms with Crippen molar-refractivity contribution in [3.63, 3.8) is 0 Å². The first kappa shape index (κ1) is 18.5. The Balaban J connectivity index is 1.50. The van der Waals surface area contributed by atoms with Gasteiger partial charge in [0.05, 0.1) is 5.69 Å². The number of nitrogens with one attached hydrogen (secondary N) is 1. The minimum atomic E-state index is 0.0141. The Morgan fingerprint density at radius 2 is 1.83 bits per heavy atom. The van der Waals surface area contributed by atoms with Crippen LogP contribution in [-0.4, -0.2) is 24.3 Å². The van der Waals surface area contributed by atoms with E-state index >= 15 is 0 Å². The zero-order valence-corrected chi connectivity index (χ0v) is 17.2. The molecule has 152 valence electrons. The highest BCUT2D eigenvalue weighted by atomic mass is 16.1. The molecule has 0 unspecified atom stereocenters. The van der Waals surface area contributed by atoms with Crippen LogP contribution >= 0.6 is 0 Å². The number of aromatic nitrogens is 5. The summed E-state index contributed by atoms with van der Waals surface area (Å²) < 4.78 is 3.66. The normalized spacial score (nSPS) is 14.5. The third-order valence-electron chi connectivity index (χ3n) is 5.82. The molecule has 1 aliphatic carbocycles. The van der Waals surface area contributed by atoms with E-state index in [4.69, 9.17) is 4.98 Å². The van der Waals surface area contributed by atoms with Gasteiger partial charge in [-0.25, -0.2) is 9.67 Å². The lowest BCUT2D eigenvalue weighted by Crippen LogP contribution is -2.24. The number of hydrogen-bond acceptors (Lipinski definition) is 5. The van der Waals surface area contributed by atoms with E-state index in [2.05, 4.69) is 34.5 Å². The van der Waals surface area contributed by atoms with Gasteiger partial charge in [0.1, 0.15) is 5.65 Å². The van der Waals surface area contributed by atoms with E-state index in [1.54, 1.807) is 16.9 Å². The van der Waals surface area contributed by atoms with E-state index in [9.17, 15) is 4.79 Å². The summed E-state index contributed by atoms with van der Waals surface area (Å²) in [6.07, 6.45) is 8.03. The second kappa shape index (κ2) is 7.40. The summed E-state index contributed by atoms with van der Waals surface area (Å²) in [4.78, 5) is 22.0. The largest absolute Gasteiger partial charge is 0.307 e. The number of hydrogen-bond donors (Lipinski definition) is 1. The Labute approximate surface area is 174 Å². The lowest BCUT2D eigenvalue weighted by molar-refractivity contribution is 0.515. The molecule has 1 aliphatic rings. The van der Waals surface area contributed by atoms with Gasteiger partial charge >= 0.3 is 0 Å². The topological polar surface area (TPSA) is 77.6 Å². The molecule has 0 amide bonds. The van der Waals surface area contributed by atoms with Crippen LogP contribution in [0.1, 0.15) is 42.9 Å². The fraction of sp³-hybridized carbons (Fsp3) is 0.304. The van der Waals surface area contributed by atoms with Crippen LogP contribution in [0.25, 0.3) is 16.7 Å². The molecule has 7 heteroatoms. The van der Waals surface area contributed by atoms with Crippen molar-refractivity contribution in [3.8, 4) is 5.69 Å². The van der Waals surface area contributed by atoms with Gasteiger partial charge in [-0.05, 0) is 44.4 Å². The predicted octanol–water partition coefficient (Wildman–Crippen LogP) is 4.45. The smallest absolute Gasteiger partial charge is 0.252 e. The summed E-state index contributed by atoms with van der Waals surface area (Å²) in [7, 11) is 0. The number of fused-ring (bicyclic) bond motifs is 1. The first-order valence-corrected chi connectivity index (χ1v) is 10.4. The third kappa shape index (κ3) is 3.36. The molecule has 7 nitrogen and oxygen atoms in total. The van der Waals surface area contributed by atoms with Crippen LogP contribution in [0, 0.1) is 13.8 Å². The summed E-state index contributed by atoms with van der Waals surface area (Å²) in [6, 6.07) is 12.0. The van der Waals surface area contributed by atoms with Gasteiger partial charge in [0.25, 0.3) is 5.56 Å². The number of rotatable bonds is 4. The highest BCUT2D eigenvalue weighted by Crippen LogP contribution is 2.31. The van der Waals surface area contributed by atoms with Crippen LogP contribution < -0.4 is 10.9 Å². The van der Waals surface area contributed by atoms with Crippen LogP contribution in [0.5, 0.6) is 0 Å². The van der Waals surface area contributed by atoms with Crippen LogP contribution in [0.3, 0.4) is 0 Å². The van der Waals surface area contributed by atoms with Crippen molar-refractivity contribution >= 4 is 22.8 Å². The summed E-state index contributed by atoms with van der Waals surface area (Å²) in [5.41, 5.74) is 3.80. The standard InChI is InChI=1S/C23H24N6O/c1-15-7-9-17(10-8-15)28-12-11-20(27-28)25-23-24-14-19-16(2)13-21(30)29(22(19)26-23)18-5-3-4-6-18/h7-14,18H,3-6H2,1-2H3,(H,24,25,26,27). The quantitative estimate of drug-likeness (QED) is 0.547. The van der Waals surface area contributed by atoms with Crippen LogP contribution in [0.2, 0.25) is 0 Å². The molecule has 1 aromatic carbocycles. The van der Waals surface area contributed by atoms with Crippen molar-refractivity contribution in [2.24, 2.45) is 0 Å². The van der Waals surface area contributed by atoms with Gasteiger partial charge < -0.3 is 5.32 Å². The molecule has 30 heavy (non-hydrogen) atoms. The Morgan fingerprint density at radius 1 is 1.07 bits per heavy atom. The second-order valence-electron chi connectivity index (χ2n) is 8.01. The molecule has 4 aromatic rings. The molecular formula is C23H24N6O. The molecule has 0 bridgehead atoms. The molecular weight excluding hydrogens is 376 g/mol. The van der Waals surface area contributed by atoms with Crippen molar-refractivity contribution in [2.75, 3.05) is 5.32 Å². The van der Waals surface area contributed by atoms with Gasteiger partial charge in [0.2, 0.25) is 5.95 Å². The van der Waals surface area contributed by atoms with Gasteiger partial charge in [-0.3, -0.25) is 9.36 Å². The SMILES string of the molecule is Cc1ccc(-n2ccc(Nc3ncc4c(C)cc(=O)n(C5CCCC5)c4n3)n2)cc1. The van der Waals surface area contributed by atoms with Gasteiger partial charge in [0.15, 0.2) is 5.82 Å². The first-order valence-electron chi connectivity index (χ1n) is 10.4. The van der Waals surface area contributed by atoms with Gasteiger partial charge in [0, 0.05) is 36.0 Å². The minimum absolute atomic E-state index is 0.0141. The molecule has 3 heterocycles. The van der Waals surface area contributed by atoms with E-state index in [-0.39, 0.29) is 11.6 Å². The monoisotopic (exact) mass is 400 g/mol. The summed E-state index contributed by atoms with van der Waals surface area (Å²) >= 11 is 0. The van der Waals surface area contributed by atoms with Crippen molar-refractivity contribution in [2.45, 2.75) is 45.6 Å². The van der Waals surface area contributed by atoms with Gasteiger partial charge in [-0.2, -0.15) is 10.1 Å². The second-order valence-corrected chi connectivity index (χ2v) is 8.01. The number of nitrogens with zero attached hydrogens (tertiary/aromatic N) is 5. The highest BCUT2D eigenvalue weighted by molar-refractivity contribution is 5.79. The minimum Gasteiger partial charge on any atom is -0.307 e. The van der Waals surface area contributed by atoms with Crippen LogP contribution in [0.4, 0.5) is 11.8 Å². The van der Waals surface area contributed by atoms with Crippen LogP contribution in [0.15, 0.2) is 53.6 Å². The molecule has 3 aromatic heterocycles. The van der Waals surface area contributed by atoms with E-state index in [0.29, 0.717) is 17.4 Å². The number of pyridine rings is 1. The third-order valence-corrected chi connectivity index (χ3v) is 5.82. The maximum atomic E-state index is 12.8. The number of aryl methyl sites for hydroxylation is 2. The number of benzene rings is 1. The Bertz CT molecular complexity index is 1270. The molecule has 1 fully saturated rings. The highest BCUT2D eigenvalue weighted by Gasteiger charge is 2.21. The van der Waals surface area contributed by atoms with Crippen molar-refractivity contribution in [1.82, 2.24) is 24.3 Å². The van der Waals surface area contributed by atoms with Gasteiger partial charge in [-0.1, -0.05) is 30.5 Å². The van der Waals surface area contributed by atoms with Crippen molar-refractivity contribution < 1.29 is 0 Å². The maximum Gasteiger partial charge on any atom is 0.252 e. The fourth-order valence-electron chi connectivity index (χ4n) is 4.19. The molecule has 1 saturated carbocycles. The zero-order chi connectivity index (χ0) is 20.7. The Kier molecular flexibility index (Phi) is 4.58. The van der Waals surface area contributed by atoms with Gasteiger partial charge in [-0.15, -0.1) is 0 Å². The summed E-state index contributed by atoms with van der Waals surface area (Å²) in [6.45, 7) is 3.99. The van der Waals surface area contributed by atoms with Crippen molar-refractivity contribution in [3.05, 3.63) is 70.3 Å². The molecule has 5 rings (SSSR count). The number of anilines is 2. The Morgan fingerprint density at radius 3 is 2.60 bits per heavy atom. The summed E-state index contributed by atoms with van der Waals surface area (Å²) in [5, 5.41) is 8.68. The summed E-state index contributed by atoms with van der Waals surface area (Å²) in [5.74, 6) is 1.09. The van der Waals surface area contributed by atoms with Crippen LogP contribution in [-0.2, 0) is 0 Å². The molecule has 0 aliphatic heterocycles. The van der Waals surface area contributed by atoms with Crippen molar-refractivity contribution in [1.29, 1.82) is 0 Å². The van der Waals surface area contributed by atoms with E-state index in [0.717, 1.165) is 42.3 Å². The van der Waals surface area contributed by atoms with E-state index in [1.807, 2.05) is 35.9 Å². The zero-order valence-electron chi connectivity index (χ0n) is 17.2. The maximum absolute atomic E-state index is 12.8. The average molecular weight is 400 g/mol. The lowest BCUT2D eigenvalue weighted by Gasteiger charge is -2.17. The van der Waals surface area contributed by atoms with E-state index in [1.165, 1.54) is 5.56 Å². The lowest BCUT2D eigenvalue weighted by atomic mass is 10.1. The Hall–Kier alpha value is -3.48. The molecule has 0 spiro atoms. The van der Waals surface area contributed by atoms with E-state index < -0.39 is 0 Å². The molecule has 0 atom stereocenters.